The molecule has 1 atom stereocenters. The van der Waals surface area contributed by atoms with E-state index in [0.29, 0.717) is 26.0 Å². The Labute approximate surface area is 125 Å². The molecule has 0 bridgehead atoms. The first kappa shape index (κ1) is 16.7. The van der Waals surface area contributed by atoms with Gasteiger partial charge in [0.15, 0.2) is 0 Å². The third kappa shape index (κ3) is 4.15. The second-order valence-corrected chi connectivity index (χ2v) is 7.74. The molecule has 0 amide bonds. The standard InChI is InChI=1S/C13H24N2O5S/c1-20-9-7-13(5-6-13)10-14-21(18,19)15-8-3-2-4-11(15)12(16)17/h11,14H,2-10H2,1H3,(H,16,17). The number of carboxylic acids is 1. The summed E-state index contributed by atoms with van der Waals surface area (Å²) in [5.41, 5.74) is -0.00239. The largest absolute Gasteiger partial charge is 0.480 e. The van der Waals surface area contributed by atoms with Gasteiger partial charge in [-0.3, -0.25) is 4.79 Å². The van der Waals surface area contributed by atoms with E-state index in [0.717, 1.165) is 30.0 Å². The van der Waals surface area contributed by atoms with Gasteiger partial charge in [0, 0.05) is 26.8 Å². The maximum absolute atomic E-state index is 12.4. The zero-order valence-electron chi connectivity index (χ0n) is 12.4. The second kappa shape index (κ2) is 6.60. The first-order valence-corrected chi connectivity index (χ1v) is 8.82. The lowest BCUT2D eigenvalue weighted by atomic mass is 10.0. The monoisotopic (exact) mass is 320 g/mol. The summed E-state index contributed by atoms with van der Waals surface area (Å²) in [5, 5.41) is 9.18. The number of nitrogens with zero attached hydrogens (tertiary/aromatic N) is 1. The first-order chi connectivity index (χ1) is 9.90. The van der Waals surface area contributed by atoms with E-state index in [2.05, 4.69) is 4.72 Å². The summed E-state index contributed by atoms with van der Waals surface area (Å²) in [6.07, 6.45) is 4.64. The van der Waals surface area contributed by atoms with Gasteiger partial charge in [0.25, 0.3) is 10.2 Å². The Balaban J connectivity index is 1.96. The highest BCUT2D eigenvalue weighted by Gasteiger charge is 2.44. The maximum atomic E-state index is 12.4. The van der Waals surface area contributed by atoms with E-state index < -0.39 is 22.2 Å². The van der Waals surface area contributed by atoms with Gasteiger partial charge in [0.05, 0.1) is 0 Å². The quantitative estimate of drug-likeness (QED) is 0.682. The van der Waals surface area contributed by atoms with Gasteiger partial charge in [-0.15, -0.1) is 0 Å². The van der Waals surface area contributed by atoms with Crippen molar-refractivity contribution in [2.24, 2.45) is 5.41 Å². The van der Waals surface area contributed by atoms with Crippen LogP contribution in [0.4, 0.5) is 0 Å². The molecule has 122 valence electrons. The van der Waals surface area contributed by atoms with E-state index in [1.54, 1.807) is 7.11 Å². The van der Waals surface area contributed by atoms with Crippen molar-refractivity contribution in [2.75, 3.05) is 26.8 Å². The van der Waals surface area contributed by atoms with Crippen molar-refractivity contribution in [3.05, 3.63) is 0 Å². The Morgan fingerprint density at radius 2 is 2.14 bits per heavy atom. The van der Waals surface area contributed by atoms with Gasteiger partial charge in [-0.2, -0.15) is 12.7 Å². The van der Waals surface area contributed by atoms with Gasteiger partial charge in [-0.1, -0.05) is 0 Å². The van der Waals surface area contributed by atoms with Gasteiger partial charge in [-0.05, 0) is 43.9 Å². The molecule has 0 aromatic carbocycles. The van der Waals surface area contributed by atoms with Crippen LogP contribution in [0.25, 0.3) is 0 Å². The minimum Gasteiger partial charge on any atom is -0.480 e. The van der Waals surface area contributed by atoms with Crippen molar-refractivity contribution in [3.8, 4) is 0 Å². The molecule has 2 aliphatic rings. The fourth-order valence-corrected chi connectivity index (χ4v) is 4.33. The van der Waals surface area contributed by atoms with Crippen LogP contribution >= 0.6 is 0 Å². The number of nitrogens with one attached hydrogen (secondary N) is 1. The molecule has 8 heteroatoms. The van der Waals surface area contributed by atoms with Crippen molar-refractivity contribution < 1.29 is 23.1 Å². The van der Waals surface area contributed by atoms with Crippen LogP contribution in [0.5, 0.6) is 0 Å². The SMILES string of the molecule is COCCC1(CNS(=O)(=O)N2CCCCC2C(=O)O)CC1. The molecule has 1 saturated carbocycles. The van der Waals surface area contributed by atoms with E-state index in [1.807, 2.05) is 0 Å². The molecule has 1 unspecified atom stereocenters. The lowest BCUT2D eigenvalue weighted by molar-refractivity contribution is -0.142. The highest BCUT2D eigenvalue weighted by Crippen LogP contribution is 2.48. The molecule has 0 aromatic rings. The van der Waals surface area contributed by atoms with Crippen LogP contribution in [-0.2, 0) is 19.7 Å². The molecule has 2 fully saturated rings. The van der Waals surface area contributed by atoms with Gasteiger partial charge in [0.2, 0.25) is 0 Å². The molecule has 0 spiro atoms. The predicted octanol–water partition coefficient (Wildman–Crippen LogP) is 0.577. The Morgan fingerprint density at radius 3 is 2.71 bits per heavy atom. The number of carboxylic acid groups (broad SMARTS) is 1. The minimum atomic E-state index is -3.73. The molecule has 7 nitrogen and oxygen atoms in total. The molecular formula is C13H24N2O5S. The fourth-order valence-electron chi connectivity index (χ4n) is 2.78. The molecule has 1 heterocycles. The zero-order chi connectivity index (χ0) is 15.5. The van der Waals surface area contributed by atoms with Crippen molar-refractivity contribution in [1.29, 1.82) is 0 Å². The Morgan fingerprint density at radius 1 is 1.43 bits per heavy atom. The lowest BCUT2D eigenvalue weighted by Gasteiger charge is -2.32. The summed E-state index contributed by atoms with van der Waals surface area (Å²) in [4.78, 5) is 11.2. The topological polar surface area (TPSA) is 95.9 Å². The molecule has 21 heavy (non-hydrogen) atoms. The number of piperidine rings is 1. The molecule has 0 aromatic heterocycles. The van der Waals surface area contributed by atoms with Crippen molar-refractivity contribution in [1.82, 2.24) is 9.03 Å². The van der Waals surface area contributed by atoms with E-state index >= 15 is 0 Å². The van der Waals surface area contributed by atoms with Gasteiger partial charge in [-0.25, -0.2) is 4.72 Å². The fraction of sp³-hybridized carbons (Fsp3) is 0.923. The lowest BCUT2D eigenvalue weighted by Crippen LogP contribution is -2.52. The predicted molar refractivity (Wildman–Crippen MR) is 77.1 cm³/mol. The highest BCUT2D eigenvalue weighted by molar-refractivity contribution is 7.87. The molecule has 0 radical (unpaired) electrons. The third-order valence-corrected chi connectivity index (χ3v) is 6.03. The Kier molecular flexibility index (Phi) is 5.24. The Hall–Kier alpha value is -0.700. The Bertz CT molecular complexity index is 475. The molecular weight excluding hydrogens is 296 g/mol. The smallest absolute Gasteiger partial charge is 0.322 e. The van der Waals surface area contributed by atoms with Crippen LogP contribution in [0.2, 0.25) is 0 Å². The summed E-state index contributed by atoms with van der Waals surface area (Å²) in [7, 11) is -2.10. The van der Waals surface area contributed by atoms with Crippen molar-refractivity contribution in [3.63, 3.8) is 0 Å². The summed E-state index contributed by atoms with van der Waals surface area (Å²) >= 11 is 0. The summed E-state index contributed by atoms with van der Waals surface area (Å²) in [6.45, 7) is 1.25. The first-order valence-electron chi connectivity index (χ1n) is 7.38. The van der Waals surface area contributed by atoms with E-state index in [4.69, 9.17) is 4.74 Å². The minimum absolute atomic E-state index is 0.00239. The van der Waals surface area contributed by atoms with Crippen LogP contribution in [0, 0.1) is 5.41 Å². The number of methoxy groups -OCH3 is 1. The number of aliphatic carboxylic acids is 1. The average molecular weight is 320 g/mol. The average Bonchev–Trinajstić information content (AvgIpc) is 3.24. The molecule has 1 saturated heterocycles. The maximum Gasteiger partial charge on any atom is 0.322 e. The van der Waals surface area contributed by atoms with Crippen LogP contribution in [0.1, 0.15) is 38.5 Å². The van der Waals surface area contributed by atoms with E-state index in [9.17, 15) is 18.3 Å². The van der Waals surface area contributed by atoms with Crippen LogP contribution in [0.3, 0.4) is 0 Å². The van der Waals surface area contributed by atoms with Crippen LogP contribution in [0.15, 0.2) is 0 Å². The van der Waals surface area contributed by atoms with Crippen LogP contribution in [-0.4, -0.2) is 56.6 Å². The summed E-state index contributed by atoms with van der Waals surface area (Å²) in [6, 6.07) is -0.939. The van der Waals surface area contributed by atoms with Crippen molar-refractivity contribution in [2.45, 2.75) is 44.6 Å². The summed E-state index contributed by atoms with van der Waals surface area (Å²) < 4.78 is 33.5. The number of hydrogen-bond donors (Lipinski definition) is 2. The third-order valence-electron chi connectivity index (χ3n) is 4.47. The van der Waals surface area contributed by atoms with Gasteiger partial charge >= 0.3 is 5.97 Å². The van der Waals surface area contributed by atoms with Gasteiger partial charge < -0.3 is 9.84 Å². The zero-order valence-corrected chi connectivity index (χ0v) is 13.2. The molecule has 2 rings (SSSR count). The van der Waals surface area contributed by atoms with Crippen LogP contribution < -0.4 is 4.72 Å². The van der Waals surface area contributed by atoms with Crippen molar-refractivity contribution >= 4 is 16.2 Å². The van der Waals surface area contributed by atoms with E-state index in [-0.39, 0.29) is 12.0 Å². The number of hydrogen-bond acceptors (Lipinski definition) is 4. The molecule has 1 aliphatic carbocycles. The number of ether oxygens (including phenoxy) is 1. The second-order valence-electron chi connectivity index (χ2n) is 6.03. The highest BCUT2D eigenvalue weighted by atomic mass is 32.2. The normalized spacial score (nSPS) is 25.7. The number of rotatable bonds is 8. The van der Waals surface area contributed by atoms with Gasteiger partial charge in [0.1, 0.15) is 6.04 Å². The molecule has 1 aliphatic heterocycles. The molecule has 2 N–H and O–H groups in total. The summed E-state index contributed by atoms with van der Waals surface area (Å²) in [5.74, 6) is -1.07. The van der Waals surface area contributed by atoms with E-state index in [1.165, 1.54) is 0 Å². The number of carbonyl (C=O) groups is 1.